The molecule has 0 unspecified atom stereocenters. The highest BCUT2D eigenvalue weighted by molar-refractivity contribution is 6.31. The van der Waals surface area contributed by atoms with Crippen molar-refractivity contribution in [3.8, 4) is 5.75 Å². The van der Waals surface area contributed by atoms with Crippen LogP contribution in [-0.2, 0) is 13.1 Å². The highest BCUT2D eigenvalue weighted by Gasteiger charge is 2.15. The zero-order valence-corrected chi connectivity index (χ0v) is 16.8. The number of pyridine rings is 1. The first-order valence-corrected chi connectivity index (χ1v) is 9.28. The van der Waals surface area contributed by atoms with E-state index in [4.69, 9.17) is 16.3 Å². The number of methoxy groups -OCH3 is 1. The van der Waals surface area contributed by atoms with Crippen molar-refractivity contribution >= 4 is 17.5 Å². The second kappa shape index (κ2) is 8.92. The molecule has 29 heavy (non-hydrogen) atoms. The maximum atomic E-state index is 13.9. The molecule has 0 aliphatic carbocycles. The Morgan fingerprint density at radius 1 is 1.17 bits per heavy atom. The molecule has 7 heteroatoms. The van der Waals surface area contributed by atoms with Crippen LogP contribution in [-0.4, -0.2) is 29.5 Å². The molecule has 0 spiro atoms. The average molecular weight is 415 g/mol. The van der Waals surface area contributed by atoms with Gasteiger partial charge in [-0.05, 0) is 35.4 Å². The van der Waals surface area contributed by atoms with Crippen LogP contribution in [0.3, 0.4) is 0 Å². The van der Waals surface area contributed by atoms with Crippen molar-refractivity contribution in [3.05, 3.63) is 98.7 Å². The molecule has 0 saturated heterocycles. The fourth-order valence-corrected chi connectivity index (χ4v) is 3.16. The lowest BCUT2D eigenvalue weighted by molar-refractivity contribution is 0.0784. The maximum absolute atomic E-state index is 13.9. The van der Waals surface area contributed by atoms with Crippen molar-refractivity contribution in [1.82, 2.24) is 9.47 Å². The molecule has 3 aromatic rings. The Balaban J connectivity index is 1.79. The molecule has 3 rings (SSSR count). The van der Waals surface area contributed by atoms with Crippen molar-refractivity contribution in [1.29, 1.82) is 0 Å². The minimum absolute atomic E-state index is 0.148. The number of benzene rings is 2. The number of hydrogen-bond acceptors (Lipinski definition) is 3. The lowest BCUT2D eigenvalue weighted by Crippen LogP contribution is -2.28. The van der Waals surface area contributed by atoms with Crippen molar-refractivity contribution in [2.45, 2.75) is 13.1 Å². The number of nitrogens with zero attached hydrogens (tertiary/aromatic N) is 2. The first-order valence-electron chi connectivity index (χ1n) is 8.91. The third-order valence-electron chi connectivity index (χ3n) is 4.51. The summed E-state index contributed by atoms with van der Waals surface area (Å²) in [5.41, 5.74) is 1.53. The highest BCUT2D eigenvalue weighted by Crippen LogP contribution is 2.19. The molecule has 0 N–H and O–H groups in total. The summed E-state index contributed by atoms with van der Waals surface area (Å²) in [5.74, 6) is -0.623. The van der Waals surface area contributed by atoms with E-state index in [1.807, 2.05) is 18.2 Å². The summed E-state index contributed by atoms with van der Waals surface area (Å²) in [7, 11) is 3.01. The molecule has 0 aliphatic heterocycles. The summed E-state index contributed by atoms with van der Waals surface area (Å²) in [4.78, 5) is 26.5. The number of hydrogen-bond donors (Lipinski definition) is 0. The molecule has 0 atom stereocenters. The highest BCUT2D eigenvalue weighted by atomic mass is 35.5. The van der Waals surface area contributed by atoms with E-state index in [1.54, 1.807) is 19.2 Å². The van der Waals surface area contributed by atoms with Crippen LogP contribution in [0.5, 0.6) is 5.75 Å². The number of aromatic nitrogens is 1. The Bertz CT molecular complexity index is 1100. The number of ether oxygens (including phenoxy) is 1. The molecule has 1 aromatic heterocycles. The SMILES string of the molecule is COc1ccc(CN(C)C(=O)c2ccc(=O)n(Cc3ccccc3Cl)c2)cc1F. The van der Waals surface area contributed by atoms with Gasteiger partial charge in [0.2, 0.25) is 0 Å². The zero-order valence-electron chi connectivity index (χ0n) is 16.1. The van der Waals surface area contributed by atoms with Crippen LogP contribution in [0.1, 0.15) is 21.5 Å². The van der Waals surface area contributed by atoms with E-state index in [9.17, 15) is 14.0 Å². The molecule has 2 aromatic carbocycles. The van der Waals surface area contributed by atoms with E-state index in [-0.39, 0.29) is 30.3 Å². The predicted octanol–water partition coefficient (Wildman–Crippen LogP) is 3.97. The largest absolute Gasteiger partial charge is 0.494 e. The standard InChI is InChI=1S/C22H20ClFN2O3/c1-25(12-15-7-9-20(29-2)19(24)11-15)22(28)17-8-10-21(27)26(14-17)13-16-5-3-4-6-18(16)23/h3-11,14H,12-13H2,1-2H3. The molecular formula is C22H20ClFN2O3. The zero-order chi connectivity index (χ0) is 21.0. The molecule has 0 bridgehead atoms. The second-order valence-electron chi connectivity index (χ2n) is 6.61. The molecule has 1 heterocycles. The van der Waals surface area contributed by atoms with Crippen LogP contribution in [0.2, 0.25) is 5.02 Å². The Hall–Kier alpha value is -3.12. The first-order chi connectivity index (χ1) is 13.9. The van der Waals surface area contributed by atoms with E-state index >= 15 is 0 Å². The van der Waals surface area contributed by atoms with Gasteiger partial charge in [0.15, 0.2) is 11.6 Å². The topological polar surface area (TPSA) is 51.5 Å². The van der Waals surface area contributed by atoms with Gasteiger partial charge in [-0.3, -0.25) is 9.59 Å². The molecular weight excluding hydrogens is 395 g/mol. The molecule has 1 amide bonds. The normalized spacial score (nSPS) is 10.6. The van der Waals surface area contributed by atoms with Crippen molar-refractivity contribution < 1.29 is 13.9 Å². The summed E-state index contributed by atoms with van der Waals surface area (Å²) < 4.78 is 20.2. The van der Waals surface area contributed by atoms with Crippen LogP contribution in [0.25, 0.3) is 0 Å². The molecule has 0 fully saturated rings. The van der Waals surface area contributed by atoms with Gasteiger partial charge in [0, 0.05) is 30.9 Å². The molecule has 0 aliphatic rings. The second-order valence-corrected chi connectivity index (χ2v) is 7.01. The van der Waals surface area contributed by atoms with Crippen LogP contribution < -0.4 is 10.3 Å². The minimum atomic E-state index is -0.487. The summed E-state index contributed by atoms with van der Waals surface area (Å²) in [6.07, 6.45) is 1.51. The van der Waals surface area contributed by atoms with Gasteiger partial charge in [-0.1, -0.05) is 35.9 Å². The number of carbonyl (C=O) groups excluding carboxylic acids is 1. The van der Waals surface area contributed by atoms with Gasteiger partial charge in [0.05, 0.1) is 19.2 Å². The third-order valence-corrected chi connectivity index (χ3v) is 4.88. The van der Waals surface area contributed by atoms with Gasteiger partial charge >= 0.3 is 0 Å². The van der Waals surface area contributed by atoms with E-state index < -0.39 is 5.82 Å². The van der Waals surface area contributed by atoms with Crippen molar-refractivity contribution in [2.24, 2.45) is 0 Å². The lowest BCUT2D eigenvalue weighted by atomic mass is 10.1. The number of rotatable bonds is 6. The summed E-state index contributed by atoms with van der Waals surface area (Å²) in [6, 6.07) is 14.6. The van der Waals surface area contributed by atoms with Gasteiger partial charge in [0.1, 0.15) is 0 Å². The fraction of sp³-hybridized carbons (Fsp3) is 0.182. The predicted molar refractivity (Wildman–Crippen MR) is 110 cm³/mol. The quantitative estimate of drug-likeness (QED) is 0.613. The average Bonchev–Trinajstić information content (AvgIpc) is 2.71. The fourth-order valence-electron chi connectivity index (χ4n) is 2.97. The van der Waals surface area contributed by atoms with E-state index in [1.165, 1.54) is 47.0 Å². The Labute approximate surface area is 172 Å². The van der Waals surface area contributed by atoms with Crippen LogP contribution >= 0.6 is 11.6 Å². The monoisotopic (exact) mass is 414 g/mol. The maximum Gasteiger partial charge on any atom is 0.255 e. The van der Waals surface area contributed by atoms with Gasteiger partial charge in [-0.2, -0.15) is 0 Å². The number of amides is 1. The van der Waals surface area contributed by atoms with Gasteiger partial charge in [0.25, 0.3) is 11.5 Å². The van der Waals surface area contributed by atoms with Crippen molar-refractivity contribution in [2.75, 3.05) is 14.2 Å². The molecule has 0 saturated carbocycles. The minimum Gasteiger partial charge on any atom is -0.494 e. The summed E-state index contributed by atoms with van der Waals surface area (Å²) in [5, 5.41) is 0.551. The molecule has 150 valence electrons. The van der Waals surface area contributed by atoms with E-state index in [0.29, 0.717) is 16.1 Å². The molecule has 0 radical (unpaired) electrons. The van der Waals surface area contributed by atoms with Crippen LogP contribution in [0, 0.1) is 5.82 Å². The van der Waals surface area contributed by atoms with Gasteiger partial charge < -0.3 is 14.2 Å². The Kier molecular flexibility index (Phi) is 6.34. The van der Waals surface area contributed by atoms with Crippen LogP contribution in [0.4, 0.5) is 4.39 Å². The number of halogens is 2. The van der Waals surface area contributed by atoms with Crippen LogP contribution in [0.15, 0.2) is 65.6 Å². The smallest absolute Gasteiger partial charge is 0.255 e. The Morgan fingerprint density at radius 2 is 1.93 bits per heavy atom. The number of carbonyl (C=O) groups is 1. The summed E-state index contributed by atoms with van der Waals surface area (Å²) >= 11 is 6.17. The molecule has 5 nitrogen and oxygen atoms in total. The van der Waals surface area contributed by atoms with E-state index in [0.717, 1.165) is 5.56 Å². The summed E-state index contributed by atoms with van der Waals surface area (Å²) in [6.45, 7) is 0.469. The van der Waals surface area contributed by atoms with Crippen molar-refractivity contribution in [3.63, 3.8) is 0 Å². The Morgan fingerprint density at radius 3 is 2.62 bits per heavy atom. The van der Waals surface area contributed by atoms with E-state index in [2.05, 4.69) is 0 Å². The van der Waals surface area contributed by atoms with Gasteiger partial charge in [-0.25, -0.2) is 4.39 Å². The lowest BCUT2D eigenvalue weighted by Gasteiger charge is -2.18. The first kappa shape index (κ1) is 20.6. The third kappa shape index (κ3) is 4.84. The van der Waals surface area contributed by atoms with Gasteiger partial charge in [-0.15, -0.1) is 0 Å².